The molecule has 0 aromatic rings. The van der Waals surface area contributed by atoms with Crippen molar-refractivity contribution in [1.82, 2.24) is 0 Å². The minimum atomic E-state index is -1.12. The fourth-order valence-corrected chi connectivity index (χ4v) is 7.71. The summed E-state index contributed by atoms with van der Waals surface area (Å²) in [6.07, 6.45) is 5.15. The molecule has 0 bridgehead atoms. The van der Waals surface area contributed by atoms with Gasteiger partial charge in [-0.05, 0) is 67.2 Å². The van der Waals surface area contributed by atoms with E-state index >= 15 is 0 Å². The van der Waals surface area contributed by atoms with Gasteiger partial charge in [0.2, 0.25) is 0 Å². The van der Waals surface area contributed by atoms with Crippen LogP contribution in [0.2, 0.25) is 0 Å². The Morgan fingerprint density at radius 1 is 1.33 bits per heavy atom. The van der Waals surface area contributed by atoms with Crippen LogP contribution in [-0.2, 0) is 14.3 Å². The van der Waals surface area contributed by atoms with Crippen LogP contribution in [0.25, 0.3) is 0 Å². The number of hydrogen-bond acceptors (Lipinski definition) is 5. The van der Waals surface area contributed by atoms with Gasteiger partial charge in [0.25, 0.3) is 0 Å². The van der Waals surface area contributed by atoms with Gasteiger partial charge in [-0.3, -0.25) is 4.79 Å². The van der Waals surface area contributed by atoms with Crippen LogP contribution in [0, 0.1) is 22.7 Å². The van der Waals surface area contributed by atoms with Crippen molar-refractivity contribution in [2.24, 2.45) is 22.7 Å². The third-order valence-corrected chi connectivity index (χ3v) is 9.45. The normalized spacial score (nSPS) is 48.6. The molecule has 1 N–H and O–H groups in total. The number of carboxylic acids is 1. The number of carbonyl (C=O) groups is 2. The maximum atomic E-state index is 12.2. The average molecular weight is 437 g/mol. The zero-order chi connectivity index (χ0) is 21.0. The van der Waals surface area contributed by atoms with E-state index in [1.165, 1.54) is 0 Å². The second kappa shape index (κ2) is 6.96. The molecule has 4 fully saturated rings. The van der Waals surface area contributed by atoms with E-state index in [2.05, 4.69) is 27.0 Å². The number of ether oxygens (including phenoxy) is 1. The molecule has 3 saturated carbocycles. The number of ketones is 1. The van der Waals surface area contributed by atoms with Crippen LogP contribution in [0.3, 0.4) is 0 Å². The number of aliphatic carboxylic acids is 1. The first-order valence-corrected chi connectivity index (χ1v) is 10.7. The van der Waals surface area contributed by atoms with E-state index in [0.29, 0.717) is 19.3 Å². The van der Waals surface area contributed by atoms with Crippen LogP contribution < -0.4 is 56.5 Å². The number of fused-ring (bicyclic) bond motifs is 3. The minimum Gasteiger partial charge on any atom is -0.550 e. The molecule has 1 aliphatic heterocycles. The molecule has 4 aliphatic carbocycles. The van der Waals surface area contributed by atoms with E-state index in [-0.39, 0.29) is 99.0 Å². The molecule has 30 heavy (non-hydrogen) atoms. The third kappa shape index (κ3) is 2.62. The second-order valence-electron chi connectivity index (χ2n) is 10.4. The number of rotatable bonds is 3. The molecule has 1 heterocycles. The Kier molecular flexibility index (Phi) is 5.35. The predicted molar refractivity (Wildman–Crippen MR) is 104 cm³/mol. The Morgan fingerprint density at radius 3 is 2.70 bits per heavy atom. The van der Waals surface area contributed by atoms with Crippen molar-refractivity contribution in [2.45, 2.75) is 76.1 Å². The van der Waals surface area contributed by atoms with Gasteiger partial charge in [-0.15, -0.1) is 0 Å². The second-order valence-corrected chi connectivity index (χ2v) is 10.4. The number of hydrogen-bond donors (Lipinski definition) is 1. The van der Waals surface area contributed by atoms with Gasteiger partial charge in [-0.1, -0.05) is 27.0 Å². The van der Waals surface area contributed by atoms with Gasteiger partial charge in [0, 0.05) is 29.1 Å². The molecule has 156 valence electrons. The van der Waals surface area contributed by atoms with E-state index in [0.717, 1.165) is 29.6 Å². The third-order valence-electron chi connectivity index (χ3n) is 9.45. The van der Waals surface area contributed by atoms with Gasteiger partial charge in [0.15, 0.2) is 5.78 Å². The summed E-state index contributed by atoms with van der Waals surface area (Å²) in [5, 5.41) is 22.6. The summed E-state index contributed by atoms with van der Waals surface area (Å²) in [7, 11) is 0. The summed E-state index contributed by atoms with van der Waals surface area (Å²) in [4.78, 5) is 23.2. The van der Waals surface area contributed by atoms with E-state index < -0.39 is 17.0 Å². The summed E-state index contributed by atoms with van der Waals surface area (Å²) >= 11 is 0. The van der Waals surface area contributed by atoms with Crippen molar-refractivity contribution < 1.29 is 75.9 Å². The van der Waals surface area contributed by atoms with Gasteiger partial charge in [-0.25, -0.2) is 0 Å². The molecule has 0 radical (unpaired) electrons. The van der Waals surface area contributed by atoms with Gasteiger partial charge >= 0.3 is 51.4 Å². The maximum Gasteiger partial charge on any atom is 1.00 e. The number of carboxylic acid groups (broad SMARTS) is 1. The Balaban J connectivity index is 0.00000218. The van der Waals surface area contributed by atoms with Crippen LogP contribution in [0.5, 0.6) is 0 Å². The van der Waals surface area contributed by atoms with Gasteiger partial charge in [0.1, 0.15) is 5.60 Å². The van der Waals surface area contributed by atoms with Crippen LogP contribution >= 0.6 is 0 Å². The number of allylic oxidation sites excluding steroid dienone is 1. The fourth-order valence-electron chi connectivity index (χ4n) is 7.71. The average Bonchev–Trinajstić information content (AvgIpc) is 3.32. The zero-order valence-electron chi connectivity index (χ0n) is 18.3. The van der Waals surface area contributed by atoms with Crippen LogP contribution in [-0.4, -0.2) is 34.2 Å². The SMILES string of the molecule is C=C1C(=C)[C@H]2[C@@H]3CC[C@](O)(CCC(=O)[O-])[C@@]3(C)CC3O[C@]32[C@@]2(C)CCC(=O)C=C12.[K+]. The molecule has 7 atom stereocenters. The van der Waals surface area contributed by atoms with Crippen LogP contribution in [0.15, 0.2) is 36.0 Å². The molecule has 1 unspecified atom stereocenters. The summed E-state index contributed by atoms with van der Waals surface area (Å²) < 4.78 is 6.52. The number of aliphatic hydroxyl groups is 1. The molecule has 5 nitrogen and oxygen atoms in total. The van der Waals surface area contributed by atoms with Crippen molar-refractivity contribution in [3.8, 4) is 0 Å². The summed E-state index contributed by atoms with van der Waals surface area (Å²) in [5.74, 6) is -0.807. The molecular formula is C24H29KO5. The fraction of sp³-hybridized carbons (Fsp3) is 0.667. The van der Waals surface area contributed by atoms with Crippen molar-refractivity contribution >= 4 is 11.8 Å². The topological polar surface area (TPSA) is 90.0 Å². The molecule has 1 saturated heterocycles. The molecule has 5 aliphatic rings. The first-order chi connectivity index (χ1) is 13.5. The van der Waals surface area contributed by atoms with Gasteiger partial charge in [-0.2, -0.15) is 0 Å². The Labute approximate surface area is 220 Å². The molecule has 0 amide bonds. The van der Waals surface area contributed by atoms with Crippen molar-refractivity contribution in [3.63, 3.8) is 0 Å². The van der Waals surface area contributed by atoms with Crippen molar-refractivity contribution in [2.75, 3.05) is 0 Å². The smallest absolute Gasteiger partial charge is 0.550 e. The summed E-state index contributed by atoms with van der Waals surface area (Å²) in [5.41, 5.74) is 0.598. The quantitative estimate of drug-likeness (QED) is 0.464. The molecule has 0 aromatic carbocycles. The van der Waals surface area contributed by atoms with Crippen LogP contribution in [0.4, 0.5) is 0 Å². The number of carbonyl (C=O) groups excluding carboxylic acids is 2. The summed E-state index contributed by atoms with van der Waals surface area (Å²) in [6, 6.07) is 0. The molecule has 6 heteroatoms. The van der Waals surface area contributed by atoms with Crippen molar-refractivity contribution in [1.29, 1.82) is 0 Å². The minimum absolute atomic E-state index is 0. The molecular weight excluding hydrogens is 407 g/mol. The van der Waals surface area contributed by atoms with Gasteiger partial charge in [0.05, 0.1) is 11.7 Å². The summed E-state index contributed by atoms with van der Waals surface area (Å²) in [6.45, 7) is 13.0. The van der Waals surface area contributed by atoms with E-state index in [9.17, 15) is 19.8 Å². The van der Waals surface area contributed by atoms with E-state index in [1.807, 2.05) is 0 Å². The first-order valence-electron chi connectivity index (χ1n) is 10.7. The maximum absolute atomic E-state index is 12.2. The Hall–Kier alpha value is -0.0836. The Morgan fingerprint density at radius 2 is 2.03 bits per heavy atom. The molecule has 5 rings (SSSR count). The first kappa shape index (κ1) is 23.1. The zero-order valence-corrected chi connectivity index (χ0v) is 21.4. The monoisotopic (exact) mass is 436 g/mol. The largest absolute Gasteiger partial charge is 1.00 e. The van der Waals surface area contributed by atoms with E-state index in [1.54, 1.807) is 6.08 Å². The van der Waals surface area contributed by atoms with Crippen molar-refractivity contribution in [3.05, 3.63) is 36.0 Å². The molecule has 0 aromatic heterocycles. The van der Waals surface area contributed by atoms with Gasteiger partial charge < -0.3 is 19.7 Å². The number of epoxide rings is 1. The Bertz CT molecular complexity index is 907. The molecule has 1 spiro atoms. The standard InChI is InChI=1S/C24H30O5.K/c1-13-14(2)20-16-6-9-23(28,10-7-19(26)27)22(16,4)12-18-24(20,29-18)21(3)8-5-15(25)11-17(13)21;/h11,16,18,20,28H,1-2,5-10,12H2,3-4H3,(H,26,27);/q;+1/p-1/t16-,18?,20-,21-,22-,23-,24+;/m0./s1. The predicted octanol–water partition coefficient (Wildman–Crippen LogP) is -0.753. The van der Waals surface area contributed by atoms with E-state index in [4.69, 9.17) is 4.74 Å². The van der Waals surface area contributed by atoms with Crippen LogP contribution in [0.1, 0.15) is 58.8 Å².